The van der Waals surface area contributed by atoms with Gasteiger partial charge in [-0.1, -0.05) is 12.7 Å². The minimum absolute atomic E-state index is 0.482. The number of aromatic nitrogens is 1. The number of pyridine rings is 1. The average molecular weight is 214 g/mol. The monoisotopic (exact) mass is 213 g/mol. The second-order valence-electron chi connectivity index (χ2n) is 1.89. The topological polar surface area (TPSA) is 22.1 Å². The van der Waals surface area contributed by atoms with Crippen LogP contribution < -0.4 is 4.74 Å². The largest absolute Gasteiger partial charge is 0.473 e. The van der Waals surface area contributed by atoms with Gasteiger partial charge in [0.2, 0.25) is 5.88 Å². The summed E-state index contributed by atoms with van der Waals surface area (Å²) in [6, 6.07) is 3.72. The SMILES string of the molecule is C=CCOc1ncccc1Br. The molecule has 0 spiro atoms. The summed E-state index contributed by atoms with van der Waals surface area (Å²) in [4.78, 5) is 4.00. The van der Waals surface area contributed by atoms with E-state index in [1.807, 2.05) is 12.1 Å². The quantitative estimate of drug-likeness (QED) is 0.720. The van der Waals surface area contributed by atoms with E-state index in [-0.39, 0.29) is 0 Å². The van der Waals surface area contributed by atoms with Crippen molar-refractivity contribution in [3.8, 4) is 5.88 Å². The molecule has 0 unspecified atom stereocenters. The maximum Gasteiger partial charge on any atom is 0.228 e. The van der Waals surface area contributed by atoms with E-state index in [0.717, 1.165) is 4.47 Å². The van der Waals surface area contributed by atoms with Crippen LogP contribution in [0.3, 0.4) is 0 Å². The van der Waals surface area contributed by atoms with Crippen LogP contribution in [0.25, 0.3) is 0 Å². The molecule has 0 N–H and O–H groups in total. The van der Waals surface area contributed by atoms with Crippen molar-refractivity contribution < 1.29 is 4.74 Å². The number of hydrogen-bond donors (Lipinski definition) is 0. The lowest BCUT2D eigenvalue weighted by atomic mass is 10.5. The van der Waals surface area contributed by atoms with Crippen LogP contribution in [0.5, 0.6) is 5.88 Å². The third-order valence-electron chi connectivity index (χ3n) is 1.06. The molecule has 0 aliphatic heterocycles. The van der Waals surface area contributed by atoms with Crippen LogP contribution in [0.2, 0.25) is 0 Å². The van der Waals surface area contributed by atoms with E-state index in [0.29, 0.717) is 12.5 Å². The molecular weight excluding hydrogens is 206 g/mol. The van der Waals surface area contributed by atoms with Crippen LogP contribution in [0.1, 0.15) is 0 Å². The summed E-state index contributed by atoms with van der Waals surface area (Å²) in [7, 11) is 0. The van der Waals surface area contributed by atoms with Gasteiger partial charge in [-0.05, 0) is 28.1 Å². The van der Waals surface area contributed by atoms with Gasteiger partial charge in [0, 0.05) is 6.20 Å². The van der Waals surface area contributed by atoms with Crippen molar-refractivity contribution in [3.05, 3.63) is 35.5 Å². The Kier molecular flexibility index (Phi) is 3.11. The van der Waals surface area contributed by atoms with Crippen LogP contribution in [0.4, 0.5) is 0 Å². The molecule has 11 heavy (non-hydrogen) atoms. The van der Waals surface area contributed by atoms with Gasteiger partial charge in [-0.25, -0.2) is 4.98 Å². The summed E-state index contributed by atoms with van der Waals surface area (Å²) >= 11 is 3.30. The Bertz CT molecular complexity index is 250. The van der Waals surface area contributed by atoms with Crippen molar-refractivity contribution in [2.75, 3.05) is 6.61 Å². The molecule has 0 saturated carbocycles. The molecule has 58 valence electrons. The number of hydrogen-bond acceptors (Lipinski definition) is 2. The van der Waals surface area contributed by atoms with Crippen molar-refractivity contribution >= 4 is 15.9 Å². The fraction of sp³-hybridized carbons (Fsp3) is 0.125. The smallest absolute Gasteiger partial charge is 0.228 e. The van der Waals surface area contributed by atoms with Gasteiger partial charge in [0.1, 0.15) is 6.61 Å². The minimum Gasteiger partial charge on any atom is -0.473 e. The molecule has 0 fully saturated rings. The van der Waals surface area contributed by atoms with E-state index in [1.165, 1.54) is 0 Å². The molecule has 1 aromatic heterocycles. The summed E-state index contributed by atoms with van der Waals surface area (Å²) in [6.45, 7) is 4.02. The highest BCUT2D eigenvalue weighted by Crippen LogP contribution is 2.20. The normalized spacial score (nSPS) is 9.18. The van der Waals surface area contributed by atoms with E-state index in [1.54, 1.807) is 12.3 Å². The molecule has 3 heteroatoms. The standard InChI is InChI=1S/C8H8BrNO/c1-2-6-11-8-7(9)4-3-5-10-8/h2-5H,1,6H2. The summed E-state index contributed by atoms with van der Waals surface area (Å²) < 4.78 is 6.07. The average Bonchev–Trinajstić information content (AvgIpc) is 2.03. The first-order valence-electron chi connectivity index (χ1n) is 3.19. The molecule has 0 radical (unpaired) electrons. The zero-order valence-electron chi connectivity index (χ0n) is 5.96. The Morgan fingerprint density at radius 3 is 3.18 bits per heavy atom. The highest BCUT2D eigenvalue weighted by molar-refractivity contribution is 9.10. The van der Waals surface area contributed by atoms with Gasteiger partial charge in [-0.3, -0.25) is 0 Å². The third kappa shape index (κ3) is 2.35. The maximum atomic E-state index is 5.21. The summed E-state index contributed by atoms with van der Waals surface area (Å²) in [6.07, 6.45) is 3.37. The zero-order valence-corrected chi connectivity index (χ0v) is 7.54. The highest BCUT2D eigenvalue weighted by Gasteiger charge is 1.97. The van der Waals surface area contributed by atoms with E-state index < -0.39 is 0 Å². The Balaban J connectivity index is 2.69. The predicted octanol–water partition coefficient (Wildman–Crippen LogP) is 2.41. The Hall–Kier alpha value is -0.830. The van der Waals surface area contributed by atoms with E-state index in [4.69, 9.17) is 4.74 Å². The first-order valence-corrected chi connectivity index (χ1v) is 3.98. The van der Waals surface area contributed by atoms with Crippen molar-refractivity contribution in [2.24, 2.45) is 0 Å². The first kappa shape index (κ1) is 8.27. The molecule has 0 aromatic carbocycles. The molecule has 0 aliphatic rings. The molecule has 0 amide bonds. The Morgan fingerprint density at radius 1 is 1.73 bits per heavy atom. The van der Waals surface area contributed by atoms with Gasteiger partial charge >= 0.3 is 0 Å². The fourth-order valence-electron chi connectivity index (χ4n) is 0.615. The maximum absolute atomic E-state index is 5.21. The van der Waals surface area contributed by atoms with Gasteiger partial charge in [0.05, 0.1) is 4.47 Å². The van der Waals surface area contributed by atoms with Gasteiger partial charge in [0.25, 0.3) is 0 Å². The van der Waals surface area contributed by atoms with Gasteiger partial charge in [-0.15, -0.1) is 0 Å². The fourth-order valence-corrected chi connectivity index (χ4v) is 0.985. The molecule has 1 aromatic rings. The van der Waals surface area contributed by atoms with Crippen molar-refractivity contribution in [1.82, 2.24) is 4.98 Å². The Labute approximate surface area is 74.0 Å². The second kappa shape index (κ2) is 4.13. The molecule has 1 rings (SSSR count). The van der Waals surface area contributed by atoms with Gasteiger partial charge in [0.15, 0.2) is 0 Å². The van der Waals surface area contributed by atoms with Crippen LogP contribution in [0, 0.1) is 0 Å². The highest BCUT2D eigenvalue weighted by atomic mass is 79.9. The summed E-state index contributed by atoms with van der Waals surface area (Å²) in [5.41, 5.74) is 0. The Morgan fingerprint density at radius 2 is 2.55 bits per heavy atom. The van der Waals surface area contributed by atoms with E-state index >= 15 is 0 Å². The first-order chi connectivity index (χ1) is 5.34. The molecule has 0 atom stereocenters. The lowest BCUT2D eigenvalue weighted by Gasteiger charge is -2.02. The number of halogens is 1. The van der Waals surface area contributed by atoms with Crippen LogP contribution in [-0.4, -0.2) is 11.6 Å². The lowest BCUT2D eigenvalue weighted by molar-refractivity contribution is 0.346. The molecule has 2 nitrogen and oxygen atoms in total. The predicted molar refractivity (Wildman–Crippen MR) is 47.6 cm³/mol. The molecule has 0 aliphatic carbocycles. The third-order valence-corrected chi connectivity index (χ3v) is 1.67. The summed E-state index contributed by atoms with van der Waals surface area (Å²) in [5, 5.41) is 0. The van der Waals surface area contributed by atoms with Gasteiger partial charge < -0.3 is 4.74 Å². The summed E-state index contributed by atoms with van der Waals surface area (Å²) in [5.74, 6) is 0.604. The van der Waals surface area contributed by atoms with Crippen LogP contribution in [0.15, 0.2) is 35.5 Å². The van der Waals surface area contributed by atoms with E-state index in [9.17, 15) is 0 Å². The van der Waals surface area contributed by atoms with Gasteiger partial charge in [-0.2, -0.15) is 0 Å². The number of rotatable bonds is 3. The number of nitrogens with zero attached hydrogens (tertiary/aromatic N) is 1. The zero-order chi connectivity index (χ0) is 8.10. The molecular formula is C8H8BrNO. The van der Waals surface area contributed by atoms with Crippen LogP contribution >= 0.6 is 15.9 Å². The lowest BCUT2D eigenvalue weighted by Crippen LogP contribution is -1.95. The minimum atomic E-state index is 0.482. The van der Waals surface area contributed by atoms with Crippen molar-refractivity contribution in [3.63, 3.8) is 0 Å². The van der Waals surface area contributed by atoms with Crippen molar-refractivity contribution in [1.29, 1.82) is 0 Å². The van der Waals surface area contributed by atoms with Crippen molar-refractivity contribution in [2.45, 2.75) is 0 Å². The van der Waals surface area contributed by atoms with Crippen LogP contribution in [-0.2, 0) is 0 Å². The second-order valence-corrected chi connectivity index (χ2v) is 2.74. The molecule has 1 heterocycles. The molecule has 0 saturated heterocycles. The number of ether oxygens (including phenoxy) is 1. The van der Waals surface area contributed by atoms with E-state index in [2.05, 4.69) is 27.5 Å². The molecule has 0 bridgehead atoms.